The second-order valence-corrected chi connectivity index (χ2v) is 6.19. The standard InChI is InChI=1S/C16H19N3O2S/c1-3-10(2)15(16(17)21)19-13(20)8-9-14-18-11-6-4-5-7-12(11)22-14/h4-10,15H,3H2,1-2H3,(H2,17,21)(H,19,20)/b9-8+. The number of para-hydroxylation sites is 1. The quantitative estimate of drug-likeness (QED) is 0.802. The fraction of sp³-hybridized carbons (Fsp3) is 0.312. The number of carbonyl (C=O) groups is 2. The summed E-state index contributed by atoms with van der Waals surface area (Å²) in [6.07, 6.45) is 3.79. The molecule has 5 nitrogen and oxygen atoms in total. The number of hydrogen-bond acceptors (Lipinski definition) is 4. The zero-order valence-corrected chi connectivity index (χ0v) is 13.4. The van der Waals surface area contributed by atoms with Gasteiger partial charge in [0, 0.05) is 6.08 Å². The van der Waals surface area contributed by atoms with E-state index in [-0.39, 0.29) is 11.8 Å². The van der Waals surface area contributed by atoms with E-state index in [1.165, 1.54) is 17.4 Å². The fourth-order valence-corrected chi connectivity index (χ4v) is 2.91. The molecule has 3 N–H and O–H groups in total. The Morgan fingerprint density at radius 2 is 2.14 bits per heavy atom. The first-order valence-electron chi connectivity index (χ1n) is 7.14. The number of carbonyl (C=O) groups excluding carboxylic acids is 2. The van der Waals surface area contributed by atoms with Crippen LogP contribution in [-0.2, 0) is 9.59 Å². The molecule has 0 fully saturated rings. The molecule has 0 radical (unpaired) electrons. The lowest BCUT2D eigenvalue weighted by Gasteiger charge is -2.20. The molecule has 0 saturated carbocycles. The third-order valence-electron chi connectivity index (χ3n) is 3.50. The van der Waals surface area contributed by atoms with Crippen molar-refractivity contribution in [2.75, 3.05) is 0 Å². The Balaban J connectivity index is 2.05. The maximum absolute atomic E-state index is 11.9. The van der Waals surface area contributed by atoms with Gasteiger partial charge in [-0.05, 0) is 24.1 Å². The van der Waals surface area contributed by atoms with E-state index in [9.17, 15) is 9.59 Å². The Labute approximate surface area is 133 Å². The van der Waals surface area contributed by atoms with Crippen LogP contribution < -0.4 is 11.1 Å². The molecule has 2 unspecified atom stereocenters. The molecular formula is C16H19N3O2S. The van der Waals surface area contributed by atoms with Crippen molar-refractivity contribution >= 4 is 39.4 Å². The highest BCUT2D eigenvalue weighted by Gasteiger charge is 2.22. The molecule has 22 heavy (non-hydrogen) atoms. The summed E-state index contributed by atoms with van der Waals surface area (Å²) in [5.41, 5.74) is 6.24. The Morgan fingerprint density at radius 3 is 2.77 bits per heavy atom. The minimum absolute atomic E-state index is 0.00250. The third-order valence-corrected chi connectivity index (χ3v) is 4.51. The highest BCUT2D eigenvalue weighted by Crippen LogP contribution is 2.22. The van der Waals surface area contributed by atoms with Gasteiger partial charge in [0.15, 0.2) is 0 Å². The van der Waals surface area contributed by atoms with Crippen LogP contribution in [0, 0.1) is 5.92 Å². The second-order valence-electron chi connectivity index (χ2n) is 5.13. The molecule has 0 bridgehead atoms. The molecule has 2 atom stereocenters. The van der Waals surface area contributed by atoms with Gasteiger partial charge in [0.1, 0.15) is 11.0 Å². The van der Waals surface area contributed by atoms with Crippen molar-refractivity contribution in [1.29, 1.82) is 0 Å². The molecule has 116 valence electrons. The molecule has 0 aliphatic heterocycles. The molecule has 1 aromatic heterocycles. The van der Waals surface area contributed by atoms with E-state index in [1.807, 2.05) is 38.1 Å². The topological polar surface area (TPSA) is 85.1 Å². The van der Waals surface area contributed by atoms with Gasteiger partial charge in [-0.15, -0.1) is 11.3 Å². The minimum Gasteiger partial charge on any atom is -0.368 e. The lowest BCUT2D eigenvalue weighted by Crippen LogP contribution is -2.47. The Hall–Kier alpha value is -2.21. The number of hydrogen-bond donors (Lipinski definition) is 2. The number of rotatable bonds is 6. The molecule has 2 aromatic rings. The van der Waals surface area contributed by atoms with Crippen molar-refractivity contribution in [1.82, 2.24) is 10.3 Å². The number of primary amides is 1. The first-order chi connectivity index (χ1) is 10.5. The fourth-order valence-electron chi connectivity index (χ4n) is 2.04. The van der Waals surface area contributed by atoms with Crippen molar-refractivity contribution in [3.63, 3.8) is 0 Å². The maximum atomic E-state index is 11.9. The molecule has 0 saturated heterocycles. The van der Waals surface area contributed by atoms with Gasteiger partial charge in [0.05, 0.1) is 10.2 Å². The van der Waals surface area contributed by atoms with Crippen molar-refractivity contribution in [2.24, 2.45) is 11.7 Å². The number of benzene rings is 1. The normalized spacial score (nSPS) is 14.1. The summed E-state index contributed by atoms with van der Waals surface area (Å²) in [5, 5.41) is 3.39. The summed E-state index contributed by atoms with van der Waals surface area (Å²) in [4.78, 5) is 27.7. The van der Waals surface area contributed by atoms with Gasteiger partial charge >= 0.3 is 0 Å². The average molecular weight is 317 g/mol. The smallest absolute Gasteiger partial charge is 0.244 e. The van der Waals surface area contributed by atoms with E-state index in [4.69, 9.17) is 5.73 Å². The SMILES string of the molecule is CCC(C)C(NC(=O)/C=C/c1nc2ccccc2s1)C(N)=O. The van der Waals surface area contributed by atoms with Gasteiger partial charge in [-0.25, -0.2) is 4.98 Å². The van der Waals surface area contributed by atoms with Gasteiger partial charge in [-0.2, -0.15) is 0 Å². The van der Waals surface area contributed by atoms with Crippen LogP contribution in [0.25, 0.3) is 16.3 Å². The number of amides is 2. The summed E-state index contributed by atoms with van der Waals surface area (Å²) in [6, 6.07) is 7.12. The molecular weight excluding hydrogens is 298 g/mol. The summed E-state index contributed by atoms with van der Waals surface area (Å²) in [6.45, 7) is 3.83. The van der Waals surface area contributed by atoms with Gasteiger partial charge in [0.25, 0.3) is 0 Å². The lowest BCUT2D eigenvalue weighted by atomic mass is 9.98. The Bertz CT molecular complexity index is 675. The number of nitrogens with zero attached hydrogens (tertiary/aromatic N) is 1. The van der Waals surface area contributed by atoms with Crippen LogP contribution >= 0.6 is 11.3 Å². The van der Waals surface area contributed by atoms with Crippen LogP contribution in [0.15, 0.2) is 30.3 Å². The van der Waals surface area contributed by atoms with E-state index in [1.54, 1.807) is 6.08 Å². The van der Waals surface area contributed by atoms with E-state index in [0.717, 1.165) is 21.6 Å². The van der Waals surface area contributed by atoms with Crippen molar-refractivity contribution in [3.8, 4) is 0 Å². The van der Waals surface area contributed by atoms with Gasteiger partial charge < -0.3 is 11.1 Å². The van der Waals surface area contributed by atoms with E-state index in [2.05, 4.69) is 10.3 Å². The van der Waals surface area contributed by atoms with E-state index < -0.39 is 11.9 Å². The number of aromatic nitrogens is 1. The first-order valence-corrected chi connectivity index (χ1v) is 7.96. The second kappa shape index (κ2) is 7.17. The molecule has 0 spiro atoms. The average Bonchev–Trinajstić information content (AvgIpc) is 2.92. The van der Waals surface area contributed by atoms with Gasteiger partial charge in [-0.3, -0.25) is 9.59 Å². The molecule has 1 heterocycles. The molecule has 0 aliphatic carbocycles. The summed E-state index contributed by atoms with van der Waals surface area (Å²) < 4.78 is 1.07. The summed E-state index contributed by atoms with van der Waals surface area (Å²) in [5.74, 6) is -0.864. The van der Waals surface area contributed by atoms with Crippen LogP contribution in [-0.4, -0.2) is 22.8 Å². The predicted molar refractivity (Wildman–Crippen MR) is 89.2 cm³/mol. The summed E-state index contributed by atoms with van der Waals surface area (Å²) >= 11 is 1.51. The Kier molecular flexibility index (Phi) is 5.27. The van der Waals surface area contributed by atoms with Crippen molar-refractivity contribution in [2.45, 2.75) is 26.3 Å². The number of thiazole rings is 1. The third kappa shape index (κ3) is 3.92. The molecule has 6 heteroatoms. The zero-order chi connectivity index (χ0) is 16.1. The highest BCUT2D eigenvalue weighted by molar-refractivity contribution is 7.19. The lowest BCUT2D eigenvalue weighted by molar-refractivity contribution is -0.126. The predicted octanol–water partition coefficient (Wildman–Crippen LogP) is 2.33. The molecule has 1 aromatic carbocycles. The largest absolute Gasteiger partial charge is 0.368 e. The Morgan fingerprint density at radius 1 is 1.41 bits per heavy atom. The number of nitrogens with two attached hydrogens (primary N) is 1. The number of nitrogens with one attached hydrogen (secondary N) is 1. The molecule has 2 rings (SSSR count). The molecule has 0 aliphatic rings. The highest BCUT2D eigenvalue weighted by atomic mass is 32.1. The van der Waals surface area contributed by atoms with Crippen molar-refractivity contribution < 1.29 is 9.59 Å². The van der Waals surface area contributed by atoms with Crippen LogP contribution in [0.5, 0.6) is 0 Å². The van der Waals surface area contributed by atoms with Crippen LogP contribution in [0.3, 0.4) is 0 Å². The van der Waals surface area contributed by atoms with Crippen LogP contribution in [0.4, 0.5) is 0 Å². The van der Waals surface area contributed by atoms with Gasteiger partial charge in [0.2, 0.25) is 11.8 Å². The molecule has 2 amide bonds. The van der Waals surface area contributed by atoms with Crippen LogP contribution in [0.1, 0.15) is 25.3 Å². The van der Waals surface area contributed by atoms with E-state index >= 15 is 0 Å². The van der Waals surface area contributed by atoms with E-state index in [0.29, 0.717) is 0 Å². The van der Waals surface area contributed by atoms with Crippen molar-refractivity contribution in [3.05, 3.63) is 35.3 Å². The zero-order valence-electron chi connectivity index (χ0n) is 12.6. The maximum Gasteiger partial charge on any atom is 0.244 e. The monoisotopic (exact) mass is 317 g/mol. The first kappa shape index (κ1) is 16.2. The number of fused-ring (bicyclic) bond motifs is 1. The van der Waals surface area contributed by atoms with Crippen LogP contribution in [0.2, 0.25) is 0 Å². The van der Waals surface area contributed by atoms with Gasteiger partial charge in [-0.1, -0.05) is 32.4 Å². The minimum atomic E-state index is -0.655. The summed E-state index contributed by atoms with van der Waals surface area (Å²) in [7, 11) is 0.